The van der Waals surface area contributed by atoms with Crippen molar-refractivity contribution < 1.29 is 13.2 Å². The van der Waals surface area contributed by atoms with Crippen molar-refractivity contribution in [3.8, 4) is 11.8 Å². The number of aliphatic imine (C=N–C) groups is 1. The normalized spacial score (nSPS) is 15.0. The standard InChI is InChI=1S/C25H26F3N5/c1-3-4-5-19-6-9-22(31-16-19)17-30-15-12-23(29)33-18(2)32-21-10-7-20(8-11-21)24(13-14-24)25(26,27)28/h6-12,15-16,30,32H,2-3,13-14,17H2,1H3,(H2,29,33)/b15-12-. The van der Waals surface area contributed by atoms with Crippen molar-refractivity contribution in [2.24, 2.45) is 10.7 Å². The molecule has 0 unspecified atom stereocenters. The molecule has 0 aliphatic heterocycles. The van der Waals surface area contributed by atoms with E-state index in [2.05, 4.69) is 39.0 Å². The van der Waals surface area contributed by atoms with E-state index in [0.717, 1.165) is 17.7 Å². The summed E-state index contributed by atoms with van der Waals surface area (Å²) in [5.41, 5.74) is 6.78. The van der Waals surface area contributed by atoms with E-state index in [1.54, 1.807) is 30.6 Å². The molecule has 5 nitrogen and oxygen atoms in total. The van der Waals surface area contributed by atoms with Gasteiger partial charge >= 0.3 is 6.18 Å². The maximum Gasteiger partial charge on any atom is 0.398 e. The van der Waals surface area contributed by atoms with E-state index in [4.69, 9.17) is 5.73 Å². The lowest BCUT2D eigenvalue weighted by molar-refractivity contribution is -0.160. The molecule has 0 atom stereocenters. The van der Waals surface area contributed by atoms with E-state index in [9.17, 15) is 13.2 Å². The largest absolute Gasteiger partial charge is 0.398 e. The molecule has 33 heavy (non-hydrogen) atoms. The van der Waals surface area contributed by atoms with Crippen LogP contribution in [0.3, 0.4) is 0 Å². The summed E-state index contributed by atoms with van der Waals surface area (Å²) in [6.07, 6.45) is 1.80. The van der Waals surface area contributed by atoms with Gasteiger partial charge in [0, 0.05) is 30.1 Å². The lowest BCUT2D eigenvalue weighted by atomic mass is 9.95. The van der Waals surface area contributed by atoms with Crippen LogP contribution in [-0.4, -0.2) is 17.0 Å². The van der Waals surface area contributed by atoms with Crippen LogP contribution in [0.1, 0.15) is 43.0 Å². The SMILES string of the molecule is C=C(/N=C(N)\C=C/NCc1ccc(C#CCC)cn1)Nc1ccc(C2(C(F)(F)F)CC2)cc1. The number of nitrogens with two attached hydrogens (primary N) is 1. The maximum atomic E-state index is 13.2. The molecule has 2 aromatic rings. The molecule has 8 heteroatoms. The highest BCUT2D eigenvalue weighted by Crippen LogP contribution is 2.58. The molecule has 0 spiro atoms. The quantitative estimate of drug-likeness (QED) is 0.299. The summed E-state index contributed by atoms with van der Waals surface area (Å²) in [5, 5.41) is 6.00. The molecule has 1 aliphatic rings. The molecule has 1 saturated carbocycles. The molecule has 0 bridgehead atoms. The lowest BCUT2D eigenvalue weighted by Gasteiger charge is -2.20. The van der Waals surface area contributed by atoms with Gasteiger partial charge in [-0.3, -0.25) is 4.98 Å². The predicted octanol–water partition coefficient (Wildman–Crippen LogP) is 4.98. The van der Waals surface area contributed by atoms with Gasteiger partial charge in [-0.2, -0.15) is 13.2 Å². The van der Waals surface area contributed by atoms with Crippen molar-refractivity contribution in [2.75, 3.05) is 5.32 Å². The van der Waals surface area contributed by atoms with Gasteiger partial charge in [0.05, 0.1) is 17.7 Å². The van der Waals surface area contributed by atoms with Crippen molar-refractivity contribution in [1.29, 1.82) is 0 Å². The Morgan fingerprint density at radius 1 is 1.24 bits per heavy atom. The summed E-state index contributed by atoms with van der Waals surface area (Å²) in [6.45, 7) is 6.29. The van der Waals surface area contributed by atoms with Crippen LogP contribution >= 0.6 is 0 Å². The fraction of sp³-hybridized carbons (Fsp3) is 0.280. The number of halogens is 3. The zero-order valence-corrected chi connectivity index (χ0v) is 18.3. The third-order valence-corrected chi connectivity index (χ3v) is 5.17. The second-order valence-electron chi connectivity index (χ2n) is 7.67. The van der Waals surface area contributed by atoms with Crippen molar-refractivity contribution in [3.05, 3.63) is 84.1 Å². The number of nitrogens with zero attached hydrogens (tertiary/aromatic N) is 2. The number of amidine groups is 1. The molecular weight excluding hydrogens is 427 g/mol. The van der Waals surface area contributed by atoms with Crippen molar-refractivity contribution in [1.82, 2.24) is 10.3 Å². The van der Waals surface area contributed by atoms with Gasteiger partial charge in [-0.25, -0.2) is 4.99 Å². The van der Waals surface area contributed by atoms with Crippen molar-refractivity contribution in [2.45, 2.75) is 44.3 Å². The Hall–Kier alpha value is -3.73. The molecule has 1 fully saturated rings. The summed E-state index contributed by atoms with van der Waals surface area (Å²) >= 11 is 0. The molecule has 0 amide bonds. The van der Waals surface area contributed by atoms with Gasteiger partial charge in [0.1, 0.15) is 11.7 Å². The van der Waals surface area contributed by atoms with Crippen LogP contribution in [0.4, 0.5) is 18.9 Å². The first kappa shape index (κ1) is 23.9. The Kier molecular flexibility index (Phi) is 7.44. The van der Waals surface area contributed by atoms with Crippen LogP contribution in [0.5, 0.6) is 0 Å². The number of nitrogens with one attached hydrogen (secondary N) is 2. The molecule has 0 saturated heterocycles. The summed E-state index contributed by atoms with van der Waals surface area (Å²) in [7, 11) is 0. The summed E-state index contributed by atoms with van der Waals surface area (Å²) < 4.78 is 39.7. The van der Waals surface area contributed by atoms with E-state index in [1.165, 1.54) is 12.1 Å². The van der Waals surface area contributed by atoms with Crippen LogP contribution in [0.25, 0.3) is 0 Å². The topological polar surface area (TPSA) is 75.3 Å². The molecule has 3 rings (SSSR count). The van der Waals surface area contributed by atoms with Crippen LogP contribution in [0.2, 0.25) is 0 Å². The van der Waals surface area contributed by atoms with Crippen LogP contribution in [-0.2, 0) is 12.0 Å². The number of hydrogen-bond acceptors (Lipinski definition) is 4. The number of hydrogen-bond donors (Lipinski definition) is 3. The molecular formula is C25H26F3N5. The van der Waals surface area contributed by atoms with Crippen LogP contribution in [0.15, 0.2) is 72.3 Å². The highest BCUT2D eigenvalue weighted by molar-refractivity contribution is 5.92. The van der Waals surface area contributed by atoms with Gasteiger partial charge in [-0.05, 0) is 48.7 Å². The van der Waals surface area contributed by atoms with E-state index in [1.807, 2.05) is 19.1 Å². The van der Waals surface area contributed by atoms with Crippen LogP contribution < -0.4 is 16.4 Å². The molecule has 1 aromatic heterocycles. The number of alkyl halides is 3. The highest BCUT2D eigenvalue weighted by atomic mass is 19.4. The Bertz CT molecular complexity index is 1080. The Balaban J connectivity index is 1.47. The molecule has 172 valence electrons. The van der Waals surface area contributed by atoms with Crippen molar-refractivity contribution >= 4 is 11.5 Å². The smallest absolute Gasteiger partial charge is 0.385 e. The van der Waals surface area contributed by atoms with Gasteiger partial charge in [0.2, 0.25) is 0 Å². The average molecular weight is 454 g/mol. The number of benzene rings is 1. The zero-order chi connectivity index (χ0) is 23.9. The molecule has 1 aliphatic carbocycles. The van der Waals surface area contributed by atoms with Gasteiger partial charge < -0.3 is 16.4 Å². The third-order valence-electron chi connectivity index (χ3n) is 5.17. The van der Waals surface area contributed by atoms with E-state index < -0.39 is 11.6 Å². The van der Waals surface area contributed by atoms with E-state index in [0.29, 0.717) is 12.2 Å². The first-order valence-electron chi connectivity index (χ1n) is 10.5. The minimum absolute atomic E-state index is 0.131. The summed E-state index contributed by atoms with van der Waals surface area (Å²) in [6, 6.07) is 9.97. The predicted molar refractivity (Wildman–Crippen MR) is 125 cm³/mol. The highest BCUT2D eigenvalue weighted by Gasteiger charge is 2.64. The monoisotopic (exact) mass is 453 g/mol. The Morgan fingerprint density at radius 2 is 1.97 bits per heavy atom. The lowest BCUT2D eigenvalue weighted by Crippen LogP contribution is -2.28. The number of rotatable bonds is 8. The summed E-state index contributed by atoms with van der Waals surface area (Å²) in [4.78, 5) is 8.47. The van der Waals surface area contributed by atoms with Crippen molar-refractivity contribution in [3.63, 3.8) is 0 Å². The van der Waals surface area contributed by atoms with Gasteiger partial charge in [0.15, 0.2) is 0 Å². The van der Waals surface area contributed by atoms with Gasteiger partial charge in [-0.15, -0.1) is 0 Å². The first-order chi connectivity index (χ1) is 15.7. The summed E-state index contributed by atoms with van der Waals surface area (Å²) in [5.74, 6) is 6.50. The van der Waals surface area contributed by atoms with E-state index >= 15 is 0 Å². The Morgan fingerprint density at radius 3 is 2.55 bits per heavy atom. The maximum absolute atomic E-state index is 13.2. The number of anilines is 1. The zero-order valence-electron chi connectivity index (χ0n) is 18.3. The Labute approximate surface area is 191 Å². The van der Waals surface area contributed by atoms with Gasteiger partial charge in [0.25, 0.3) is 0 Å². The average Bonchev–Trinajstić information content (AvgIpc) is 3.59. The van der Waals surface area contributed by atoms with Gasteiger partial charge in [-0.1, -0.05) is 37.5 Å². The number of aromatic nitrogens is 1. The molecule has 1 aromatic carbocycles. The molecule has 0 radical (unpaired) electrons. The minimum atomic E-state index is -4.23. The van der Waals surface area contributed by atoms with Crippen LogP contribution in [0, 0.1) is 11.8 Å². The van der Waals surface area contributed by atoms with E-state index in [-0.39, 0.29) is 30.1 Å². The first-order valence-corrected chi connectivity index (χ1v) is 10.5. The minimum Gasteiger partial charge on any atom is -0.385 e. The molecule has 1 heterocycles. The second-order valence-corrected chi connectivity index (χ2v) is 7.67. The fourth-order valence-electron chi connectivity index (χ4n) is 3.22. The fourth-order valence-corrected chi connectivity index (χ4v) is 3.22. The molecule has 4 N–H and O–H groups in total. The second kappa shape index (κ2) is 10.3. The third kappa shape index (κ3) is 6.39. The number of pyridine rings is 1.